The lowest BCUT2D eigenvalue weighted by Gasteiger charge is -2.27. The van der Waals surface area contributed by atoms with E-state index in [2.05, 4.69) is 15.5 Å². The predicted molar refractivity (Wildman–Crippen MR) is 83.3 cm³/mol. The molecule has 6 heteroatoms. The molecule has 1 saturated heterocycles. The number of nitrogens with zero attached hydrogens (tertiary/aromatic N) is 1. The minimum absolute atomic E-state index is 0.281. The van der Waals surface area contributed by atoms with Gasteiger partial charge in [0.1, 0.15) is 0 Å². The molecule has 1 atom stereocenters. The molecule has 1 fully saturated rings. The van der Waals surface area contributed by atoms with Gasteiger partial charge in [0.25, 0.3) is 5.91 Å². The van der Waals surface area contributed by atoms with Crippen molar-refractivity contribution < 1.29 is 14.3 Å². The zero-order chi connectivity index (χ0) is 15.8. The van der Waals surface area contributed by atoms with E-state index < -0.39 is 12.1 Å². The summed E-state index contributed by atoms with van der Waals surface area (Å²) in [6.45, 7) is 6.59. The van der Waals surface area contributed by atoms with Crippen LogP contribution in [0.2, 0.25) is 0 Å². The maximum atomic E-state index is 12.3. The molecule has 1 aromatic carbocycles. The standard InChI is InChI=1S/C16H23N3O3/c1-13(20)22-15(14-5-3-2-4-6-14)16(21)18-9-12-19-10-7-17-8-11-19/h2-6,15,17H,7-12H2,1H3,(H,18,21). The first kappa shape index (κ1) is 16.5. The van der Waals surface area contributed by atoms with Crippen molar-refractivity contribution in [3.63, 3.8) is 0 Å². The second-order valence-corrected chi connectivity index (χ2v) is 5.28. The summed E-state index contributed by atoms with van der Waals surface area (Å²) in [7, 11) is 0. The minimum atomic E-state index is -0.887. The fourth-order valence-electron chi connectivity index (χ4n) is 2.43. The summed E-state index contributed by atoms with van der Waals surface area (Å²) < 4.78 is 5.17. The Labute approximate surface area is 130 Å². The lowest BCUT2D eigenvalue weighted by molar-refractivity contribution is -0.154. The lowest BCUT2D eigenvalue weighted by Crippen LogP contribution is -2.46. The highest BCUT2D eigenvalue weighted by atomic mass is 16.5. The molecule has 0 bridgehead atoms. The third kappa shape index (κ3) is 5.13. The molecule has 1 aliphatic heterocycles. The van der Waals surface area contributed by atoms with Gasteiger partial charge < -0.3 is 15.4 Å². The molecular weight excluding hydrogens is 282 g/mol. The van der Waals surface area contributed by atoms with E-state index >= 15 is 0 Å². The molecule has 0 radical (unpaired) electrons. The molecule has 2 N–H and O–H groups in total. The van der Waals surface area contributed by atoms with Gasteiger partial charge in [0.2, 0.25) is 6.10 Å². The highest BCUT2D eigenvalue weighted by Gasteiger charge is 2.23. The highest BCUT2D eigenvalue weighted by molar-refractivity contribution is 5.84. The fraction of sp³-hybridized carbons (Fsp3) is 0.500. The average Bonchev–Trinajstić information content (AvgIpc) is 2.54. The number of piperazine rings is 1. The Kier molecular flexibility index (Phi) is 6.36. The molecule has 0 spiro atoms. The van der Waals surface area contributed by atoms with E-state index in [0.29, 0.717) is 12.1 Å². The van der Waals surface area contributed by atoms with Crippen molar-refractivity contribution in [1.29, 1.82) is 0 Å². The molecule has 1 unspecified atom stereocenters. The van der Waals surface area contributed by atoms with Gasteiger partial charge in [0.05, 0.1) is 0 Å². The van der Waals surface area contributed by atoms with Crippen LogP contribution >= 0.6 is 0 Å². The molecule has 2 rings (SSSR count). The largest absolute Gasteiger partial charge is 0.447 e. The normalized spacial score (nSPS) is 16.8. The van der Waals surface area contributed by atoms with E-state index in [1.54, 1.807) is 12.1 Å². The lowest BCUT2D eigenvalue weighted by atomic mass is 10.1. The summed E-state index contributed by atoms with van der Waals surface area (Å²) in [4.78, 5) is 25.8. The SMILES string of the molecule is CC(=O)OC(C(=O)NCCN1CCNCC1)c1ccccc1. The number of amides is 1. The summed E-state index contributed by atoms with van der Waals surface area (Å²) in [5.74, 6) is -0.748. The molecule has 1 aromatic rings. The fourth-order valence-corrected chi connectivity index (χ4v) is 2.43. The number of hydrogen-bond acceptors (Lipinski definition) is 5. The van der Waals surface area contributed by atoms with E-state index in [0.717, 1.165) is 32.7 Å². The molecule has 1 amide bonds. The number of rotatable bonds is 6. The van der Waals surface area contributed by atoms with Crippen molar-refractivity contribution in [1.82, 2.24) is 15.5 Å². The summed E-state index contributed by atoms with van der Waals surface area (Å²) in [6, 6.07) is 9.06. The van der Waals surface area contributed by atoms with E-state index in [1.807, 2.05) is 18.2 Å². The van der Waals surface area contributed by atoms with Crippen LogP contribution in [-0.2, 0) is 14.3 Å². The van der Waals surface area contributed by atoms with Gasteiger partial charge in [-0.25, -0.2) is 0 Å². The molecule has 120 valence electrons. The Morgan fingerprint density at radius 2 is 1.95 bits per heavy atom. The van der Waals surface area contributed by atoms with Crippen LogP contribution in [0.3, 0.4) is 0 Å². The molecule has 1 heterocycles. The Morgan fingerprint density at radius 1 is 1.27 bits per heavy atom. The van der Waals surface area contributed by atoms with Crippen LogP contribution < -0.4 is 10.6 Å². The number of hydrogen-bond donors (Lipinski definition) is 2. The number of nitrogens with one attached hydrogen (secondary N) is 2. The van der Waals surface area contributed by atoms with Crippen LogP contribution in [0, 0.1) is 0 Å². The maximum Gasteiger partial charge on any atom is 0.303 e. The van der Waals surface area contributed by atoms with Crippen LogP contribution in [0.4, 0.5) is 0 Å². The molecule has 0 saturated carbocycles. The third-order valence-electron chi connectivity index (χ3n) is 3.56. The van der Waals surface area contributed by atoms with Gasteiger partial charge in [-0.05, 0) is 0 Å². The third-order valence-corrected chi connectivity index (χ3v) is 3.56. The summed E-state index contributed by atoms with van der Waals surface area (Å²) in [6.07, 6.45) is -0.887. The van der Waals surface area contributed by atoms with Gasteiger partial charge in [-0.15, -0.1) is 0 Å². The summed E-state index contributed by atoms with van der Waals surface area (Å²) in [5, 5.41) is 6.14. The van der Waals surface area contributed by atoms with Gasteiger partial charge in [0, 0.05) is 51.8 Å². The van der Waals surface area contributed by atoms with Crippen molar-refractivity contribution in [3.05, 3.63) is 35.9 Å². The zero-order valence-electron chi connectivity index (χ0n) is 12.9. The van der Waals surface area contributed by atoms with Gasteiger partial charge in [-0.3, -0.25) is 14.5 Å². The monoisotopic (exact) mass is 305 g/mol. The number of ether oxygens (including phenoxy) is 1. The molecule has 0 aliphatic carbocycles. The summed E-state index contributed by atoms with van der Waals surface area (Å²) in [5.41, 5.74) is 0.678. The quantitative estimate of drug-likeness (QED) is 0.740. The Bertz CT molecular complexity index is 487. The topological polar surface area (TPSA) is 70.7 Å². The second kappa shape index (κ2) is 8.51. The van der Waals surface area contributed by atoms with Crippen LogP contribution in [0.1, 0.15) is 18.6 Å². The molecular formula is C16H23N3O3. The molecule has 0 aromatic heterocycles. The van der Waals surface area contributed by atoms with Crippen LogP contribution in [0.15, 0.2) is 30.3 Å². The zero-order valence-corrected chi connectivity index (χ0v) is 12.9. The van der Waals surface area contributed by atoms with Crippen LogP contribution in [0.5, 0.6) is 0 Å². The Morgan fingerprint density at radius 3 is 2.59 bits per heavy atom. The van der Waals surface area contributed by atoms with Crippen molar-refractivity contribution in [2.45, 2.75) is 13.0 Å². The van der Waals surface area contributed by atoms with Crippen molar-refractivity contribution in [3.8, 4) is 0 Å². The van der Waals surface area contributed by atoms with Gasteiger partial charge in [-0.2, -0.15) is 0 Å². The predicted octanol–water partition coefficient (Wildman–Crippen LogP) is 0.312. The minimum Gasteiger partial charge on any atom is -0.447 e. The van der Waals surface area contributed by atoms with Crippen molar-refractivity contribution in [2.24, 2.45) is 0 Å². The molecule has 22 heavy (non-hydrogen) atoms. The number of carbonyl (C=O) groups is 2. The smallest absolute Gasteiger partial charge is 0.303 e. The van der Waals surface area contributed by atoms with E-state index in [1.165, 1.54) is 6.92 Å². The van der Waals surface area contributed by atoms with E-state index in [9.17, 15) is 9.59 Å². The number of benzene rings is 1. The molecule has 1 aliphatic rings. The van der Waals surface area contributed by atoms with Crippen molar-refractivity contribution >= 4 is 11.9 Å². The first-order chi connectivity index (χ1) is 10.7. The Balaban J connectivity index is 1.87. The van der Waals surface area contributed by atoms with Gasteiger partial charge >= 0.3 is 5.97 Å². The number of carbonyl (C=O) groups excluding carboxylic acids is 2. The molecule has 6 nitrogen and oxygen atoms in total. The summed E-state index contributed by atoms with van der Waals surface area (Å²) >= 11 is 0. The van der Waals surface area contributed by atoms with Crippen LogP contribution in [0.25, 0.3) is 0 Å². The number of esters is 1. The van der Waals surface area contributed by atoms with E-state index in [4.69, 9.17) is 4.74 Å². The van der Waals surface area contributed by atoms with Gasteiger partial charge in [0.15, 0.2) is 0 Å². The van der Waals surface area contributed by atoms with Gasteiger partial charge in [-0.1, -0.05) is 30.3 Å². The van der Waals surface area contributed by atoms with E-state index in [-0.39, 0.29) is 5.91 Å². The Hall–Kier alpha value is -1.92. The van der Waals surface area contributed by atoms with Crippen molar-refractivity contribution in [2.75, 3.05) is 39.3 Å². The van der Waals surface area contributed by atoms with Crippen LogP contribution in [-0.4, -0.2) is 56.0 Å². The second-order valence-electron chi connectivity index (χ2n) is 5.28. The maximum absolute atomic E-state index is 12.3. The average molecular weight is 305 g/mol. The highest BCUT2D eigenvalue weighted by Crippen LogP contribution is 2.17. The first-order valence-electron chi connectivity index (χ1n) is 7.60. The first-order valence-corrected chi connectivity index (χ1v) is 7.60.